The van der Waals surface area contributed by atoms with Crippen LogP contribution in [-0.2, 0) is 27.2 Å². The Bertz CT molecular complexity index is 1700. The molecule has 1 aliphatic carbocycles. The van der Waals surface area contributed by atoms with Gasteiger partial charge in [-0.2, -0.15) is 13.2 Å². The standard InChI is InChI=1S/C33H35F3O7S/c1-18-10-23(42-17-32(3,4)44(5,39)40)11-19(2)31(18)27-14-21(33(34,35)36)13-26-25(27)8-9-28(26)43-22-6-7-24-20(12-30(37)38)16-41-29(24)15-22/h6-7,10-11,13-15,20,28H,8-9,12,16-17H2,1-5H3,(H,37,38)/t20-,28-/m1/s1. The Morgan fingerprint density at radius 1 is 1.02 bits per heavy atom. The molecular weight excluding hydrogens is 597 g/mol. The number of halogens is 3. The SMILES string of the molecule is Cc1cc(OCC(C)(C)S(C)(=O)=O)cc(C)c1-c1cc(C(F)(F)F)cc2c1CC[C@H]2Oc1ccc2c(c1)OC[C@H]2CC(=O)O. The topological polar surface area (TPSA) is 99.1 Å². The third kappa shape index (κ3) is 6.24. The monoisotopic (exact) mass is 632 g/mol. The largest absolute Gasteiger partial charge is 0.492 e. The number of fused-ring (bicyclic) bond motifs is 2. The predicted molar refractivity (Wildman–Crippen MR) is 159 cm³/mol. The molecule has 0 saturated heterocycles. The minimum Gasteiger partial charge on any atom is -0.492 e. The van der Waals surface area contributed by atoms with Gasteiger partial charge >= 0.3 is 12.1 Å². The summed E-state index contributed by atoms with van der Waals surface area (Å²) in [6.07, 6.45) is -3.13. The molecule has 2 atom stereocenters. The number of benzene rings is 3. The van der Waals surface area contributed by atoms with Crippen LogP contribution in [0.1, 0.15) is 72.1 Å². The van der Waals surface area contributed by atoms with Gasteiger partial charge in [-0.25, -0.2) is 8.42 Å². The Balaban J connectivity index is 1.48. The van der Waals surface area contributed by atoms with Gasteiger partial charge in [0.2, 0.25) is 0 Å². The smallest absolute Gasteiger partial charge is 0.416 e. The maximum Gasteiger partial charge on any atom is 0.416 e. The number of hydrogen-bond acceptors (Lipinski definition) is 6. The molecule has 0 amide bonds. The lowest BCUT2D eigenvalue weighted by molar-refractivity contribution is -0.138. The van der Waals surface area contributed by atoms with Crippen molar-refractivity contribution in [1.29, 1.82) is 0 Å². The van der Waals surface area contributed by atoms with Gasteiger partial charge in [0.1, 0.15) is 34.7 Å². The fraction of sp³-hybridized carbons (Fsp3) is 0.424. The second-order valence-electron chi connectivity index (χ2n) is 12.3. The predicted octanol–water partition coefficient (Wildman–Crippen LogP) is 7.21. The Morgan fingerprint density at radius 2 is 1.70 bits per heavy atom. The molecule has 0 saturated carbocycles. The summed E-state index contributed by atoms with van der Waals surface area (Å²) in [5.41, 5.74) is 3.79. The van der Waals surface area contributed by atoms with Crippen molar-refractivity contribution in [1.82, 2.24) is 0 Å². The van der Waals surface area contributed by atoms with Crippen LogP contribution in [0.25, 0.3) is 11.1 Å². The van der Waals surface area contributed by atoms with Crippen molar-refractivity contribution in [3.63, 3.8) is 0 Å². The highest BCUT2D eigenvalue weighted by Crippen LogP contribution is 2.47. The minimum atomic E-state index is -4.58. The van der Waals surface area contributed by atoms with Crippen LogP contribution in [0.15, 0.2) is 42.5 Å². The molecule has 11 heteroatoms. The number of sulfone groups is 1. The number of carboxylic acid groups (broad SMARTS) is 1. The van der Waals surface area contributed by atoms with Crippen LogP contribution in [0, 0.1) is 13.8 Å². The number of aryl methyl sites for hydroxylation is 2. The molecule has 2 aliphatic rings. The number of rotatable bonds is 9. The van der Waals surface area contributed by atoms with E-state index in [0.29, 0.717) is 57.9 Å². The van der Waals surface area contributed by atoms with E-state index in [9.17, 15) is 26.4 Å². The number of aliphatic carboxylic acids is 1. The zero-order chi connectivity index (χ0) is 32.2. The summed E-state index contributed by atoms with van der Waals surface area (Å²) in [6, 6.07) is 10.9. The zero-order valence-electron chi connectivity index (χ0n) is 25.2. The highest BCUT2D eigenvalue weighted by Gasteiger charge is 2.37. The van der Waals surface area contributed by atoms with Gasteiger partial charge in [0.25, 0.3) is 0 Å². The van der Waals surface area contributed by atoms with Crippen molar-refractivity contribution in [2.24, 2.45) is 0 Å². The second-order valence-corrected chi connectivity index (χ2v) is 14.9. The average molecular weight is 633 g/mol. The van der Waals surface area contributed by atoms with E-state index in [-0.39, 0.29) is 25.6 Å². The normalized spacial score (nSPS) is 18.0. The number of carboxylic acids is 1. The molecule has 0 fully saturated rings. The van der Waals surface area contributed by atoms with E-state index >= 15 is 0 Å². The lowest BCUT2D eigenvalue weighted by Gasteiger charge is -2.24. The van der Waals surface area contributed by atoms with Crippen LogP contribution in [0.3, 0.4) is 0 Å². The molecule has 5 rings (SSSR count). The minimum absolute atomic E-state index is 0.0588. The van der Waals surface area contributed by atoms with Crippen LogP contribution in [-0.4, -0.2) is 43.7 Å². The summed E-state index contributed by atoms with van der Waals surface area (Å²) in [7, 11) is -3.38. The molecule has 0 unspecified atom stereocenters. The van der Waals surface area contributed by atoms with E-state index in [1.807, 2.05) is 0 Å². The van der Waals surface area contributed by atoms with Gasteiger partial charge in [0.15, 0.2) is 9.84 Å². The molecule has 0 bridgehead atoms. The Hall–Kier alpha value is -3.73. The van der Waals surface area contributed by atoms with E-state index in [0.717, 1.165) is 17.4 Å². The molecule has 44 heavy (non-hydrogen) atoms. The van der Waals surface area contributed by atoms with E-state index in [1.165, 1.54) is 12.1 Å². The van der Waals surface area contributed by atoms with Crippen LogP contribution >= 0.6 is 0 Å². The summed E-state index contributed by atoms with van der Waals surface area (Å²) in [4.78, 5) is 11.2. The summed E-state index contributed by atoms with van der Waals surface area (Å²) in [5.74, 6) is 0.201. The molecule has 1 aliphatic heterocycles. The van der Waals surface area contributed by atoms with Crippen molar-refractivity contribution < 1.29 is 45.7 Å². The Labute approximate surface area is 254 Å². The second kappa shape index (κ2) is 11.3. The summed E-state index contributed by atoms with van der Waals surface area (Å²) in [5, 5.41) is 9.16. The highest BCUT2D eigenvalue weighted by atomic mass is 32.2. The van der Waals surface area contributed by atoms with Crippen molar-refractivity contribution >= 4 is 15.8 Å². The number of carbonyl (C=O) groups is 1. The fourth-order valence-corrected chi connectivity index (χ4v) is 6.14. The first-order valence-electron chi connectivity index (χ1n) is 14.3. The molecule has 236 valence electrons. The first kappa shape index (κ1) is 31.7. The molecule has 1 N–H and O–H groups in total. The molecular formula is C33H35F3O7S. The molecule has 0 spiro atoms. The summed E-state index contributed by atoms with van der Waals surface area (Å²) in [6.45, 7) is 6.92. The number of hydrogen-bond donors (Lipinski definition) is 1. The molecule has 7 nitrogen and oxygen atoms in total. The third-order valence-electron chi connectivity index (χ3n) is 8.55. The van der Waals surface area contributed by atoms with Crippen molar-refractivity contribution in [2.45, 2.75) is 69.9 Å². The summed E-state index contributed by atoms with van der Waals surface area (Å²) >= 11 is 0. The van der Waals surface area contributed by atoms with Crippen LogP contribution in [0.5, 0.6) is 17.2 Å². The first-order valence-corrected chi connectivity index (χ1v) is 16.2. The first-order chi connectivity index (χ1) is 20.4. The van der Waals surface area contributed by atoms with E-state index in [4.69, 9.17) is 19.3 Å². The lowest BCUT2D eigenvalue weighted by atomic mass is 9.88. The van der Waals surface area contributed by atoms with Gasteiger partial charge < -0.3 is 19.3 Å². The molecule has 0 aromatic heterocycles. The maximum absolute atomic E-state index is 14.2. The Morgan fingerprint density at radius 3 is 2.32 bits per heavy atom. The van der Waals surface area contributed by atoms with E-state index in [1.54, 1.807) is 58.0 Å². The van der Waals surface area contributed by atoms with Gasteiger partial charge in [-0.15, -0.1) is 0 Å². The fourth-order valence-electron chi connectivity index (χ4n) is 5.87. The quantitative estimate of drug-likeness (QED) is 0.266. The number of alkyl halides is 3. The molecule has 3 aromatic carbocycles. The van der Waals surface area contributed by atoms with Gasteiger partial charge in [0.05, 0.1) is 18.6 Å². The van der Waals surface area contributed by atoms with Gasteiger partial charge in [-0.05, 0) is 104 Å². The van der Waals surface area contributed by atoms with Crippen molar-refractivity contribution in [3.8, 4) is 28.4 Å². The Kier molecular flexibility index (Phi) is 8.15. The molecule has 1 heterocycles. The highest BCUT2D eigenvalue weighted by molar-refractivity contribution is 7.92. The van der Waals surface area contributed by atoms with Gasteiger partial charge in [-0.1, -0.05) is 6.07 Å². The van der Waals surface area contributed by atoms with E-state index in [2.05, 4.69) is 0 Å². The van der Waals surface area contributed by atoms with Gasteiger partial charge in [-0.3, -0.25) is 4.79 Å². The third-order valence-corrected chi connectivity index (χ3v) is 10.7. The van der Waals surface area contributed by atoms with Crippen LogP contribution in [0.4, 0.5) is 13.2 Å². The van der Waals surface area contributed by atoms with Crippen LogP contribution in [0.2, 0.25) is 0 Å². The molecule has 0 radical (unpaired) electrons. The summed E-state index contributed by atoms with van der Waals surface area (Å²) < 4.78 is 83.4. The maximum atomic E-state index is 14.2. The van der Waals surface area contributed by atoms with E-state index < -0.39 is 38.4 Å². The lowest BCUT2D eigenvalue weighted by Crippen LogP contribution is -2.37. The van der Waals surface area contributed by atoms with Gasteiger partial charge in [0, 0.05) is 23.8 Å². The average Bonchev–Trinajstić information content (AvgIpc) is 3.49. The van der Waals surface area contributed by atoms with Crippen molar-refractivity contribution in [3.05, 3.63) is 75.8 Å². The zero-order valence-corrected chi connectivity index (χ0v) is 26.0. The number of ether oxygens (including phenoxy) is 3. The van der Waals surface area contributed by atoms with Crippen LogP contribution < -0.4 is 14.2 Å². The van der Waals surface area contributed by atoms with Crippen molar-refractivity contribution in [2.75, 3.05) is 19.5 Å². The molecule has 3 aromatic rings.